The molecule has 0 saturated carbocycles. The largest absolute Gasteiger partial charge is 0.359 e. The topological polar surface area (TPSA) is 125 Å². The van der Waals surface area contributed by atoms with E-state index in [0.717, 1.165) is 4.90 Å². The summed E-state index contributed by atoms with van der Waals surface area (Å²) in [7, 11) is 4.48. The molecule has 0 aliphatic rings. The summed E-state index contributed by atoms with van der Waals surface area (Å²) in [5.41, 5.74) is 0. The number of carbonyl (C=O) groups excluding carboxylic acids is 5. The average Bonchev–Trinajstić information content (AvgIpc) is 2.59. The highest BCUT2D eigenvalue weighted by atomic mass is 16.2. The number of hydrogen-bond donors (Lipinski definition) is 3. The number of nitrogens with one attached hydrogen (secondary N) is 3. The van der Waals surface area contributed by atoms with Crippen LogP contribution in [0.3, 0.4) is 0 Å². The van der Waals surface area contributed by atoms with Gasteiger partial charge in [0.1, 0.15) is 6.42 Å². The summed E-state index contributed by atoms with van der Waals surface area (Å²) in [6.45, 7) is 3.11. The Labute approximate surface area is 142 Å². The molecule has 3 N–H and O–H groups in total. The van der Waals surface area contributed by atoms with E-state index in [1.165, 1.54) is 14.1 Å². The number of amides is 4. The Morgan fingerprint density at radius 1 is 0.708 bits per heavy atom. The second kappa shape index (κ2) is 14.2. The van der Waals surface area contributed by atoms with Crippen LogP contribution in [0.1, 0.15) is 33.1 Å². The van der Waals surface area contributed by atoms with Crippen LogP contribution in [0.25, 0.3) is 0 Å². The number of carbonyl (C=O) groups is 5. The van der Waals surface area contributed by atoms with Gasteiger partial charge in [0.15, 0.2) is 5.78 Å². The van der Waals surface area contributed by atoms with Gasteiger partial charge in [0.2, 0.25) is 23.6 Å². The third-order valence-electron chi connectivity index (χ3n) is 2.92. The Morgan fingerprint density at radius 2 is 1.21 bits per heavy atom. The summed E-state index contributed by atoms with van der Waals surface area (Å²) in [5, 5.41) is 7.15. The highest BCUT2D eigenvalue weighted by Crippen LogP contribution is 1.97. The van der Waals surface area contributed by atoms with E-state index in [-0.39, 0.29) is 43.5 Å². The predicted molar refractivity (Wildman–Crippen MR) is 89.0 cm³/mol. The Balaban J connectivity index is 0. The molecule has 0 fully saturated rings. The van der Waals surface area contributed by atoms with Gasteiger partial charge in [0, 0.05) is 34.0 Å². The zero-order valence-corrected chi connectivity index (χ0v) is 15.0. The molecule has 0 saturated heterocycles. The van der Waals surface area contributed by atoms with Crippen molar-refractivity contribution in [1.82, 2.24) is 20.9 Å². The maximum atomic E-state index is 11.7. The van der Waals surface area contributed by atoms with E-state index >= 15 is 0 Å². The van der Waals surface area contributed by atoms with Gasteiger partial charge in [-0.3, -0.25) is 24.0 Å². The molecule has 0 aromatic rings. The first-order valence-electron chi connectivity index (χ1n) is 7.66. The van der Waals surface area contributed by atoms with Crippen LogP contribution in [-0.2, 0) is 24.0 Å². The van der Waals surface area contributed by atoms with Crippen molar-refractivity contribution in [3.05, 3.63) is 0 Å². The normalized spacial score (nSPS) is 9.04. The smallest absolute Gasteiger partial charge is 0.239 e. The average molecular weight is 344 g/mol. The van der Waals surface area contributed by atoms with E-state index in [1.54, 1.807) is 14.0 Å². The molecule has 0 heterocycles. The molecule has 0 unspecified atom stereocenters. The molecule has 4 amide bonds. The lowest BCUT2D eigenvalue weighted by Gasteiger charge is -2.20. The monoisotopic (exact) mass is 344 g/mol. The van der Waals surface area contributed by atoms with E-state index in [1.807, 2.05) is 6.92 Å². The van der Waals surface area contributed by atoms with Crippen molar-refractivity contribution in [1.29, 1.82) is 0 Å². The zero-order chi connectivity index (χ0) is 19.1. The third-order valence-corrected chi connectivity index (χ3v) is 2.92. The van der Waals surface area contributed by atoms with Crippen LogP contribution >= 0.6 is 0 Å². The van der Waals surface area contributed by atoms with Gasteiger partial charge in [-0.05, 0) is 0 Å². The summed E-state index contributed by atoms with van der Waals surface area (Å²) >= 11 is 0. The third kappa shape index (κ3) is 12.1. The standard InChI is InChI=1S/C11H19N3O4.C4H9NO/c1-4-8(15)6-14(7-10(17)13-3)11(18)5-9(16)12-2;1-3-4(6)5-2/h4-7H2,1-3H3,(H,12,16)(H,13,17);3H2,1-2H3,(H,5,6). The minimum Gasteiger partial charge on any atom is -0.359 e. The van der Waals surface area contributed by atoms with E-state index in [4.69, 9.17) is 0 Å². The SMILES string of the molecule is CCC(=O)CN(CC(=O)NC)C(=O)CC(=O)NC.CCC(=O)NC. The molecule has 0 radical (unpaired) electrons. The summed E-state index contributed by atoms with van der Waals surface area (Å²) < 4.78 is 0. The molecular formula is C15H28N4O5. The molecule has 0 rings (SSSR count). The quantitative estimate of drug-likeness (QED) is 0.478. The Hall–Kier alpha value is -2.45. The molecule has 24 heavy (non-hydrogen) atoms. The van der Waals surface area contributed by atoms with E-state index in [9.17, 15) is 24.0 Å². The molecule has 0 aliphatic heterocycles. The maximum Gasteiger partial charge on any atom is 0.239 e. The number of hydrogen-bond acceptors (Lipinski definition) is 5. The van der Waals surface area contributed by atoms with Gasteiger partial charge in [0.25, 0.3) is 0 Å². The molecule has 0 aromatic heterocycles. The van der Waals surface area contributed by atoms with Crippen LogP contribution in [0.4, 0.5) is 0 Å². The van der Waals surface area contributed by atoms with Crippen molar-refractivity contribution in [3.8, 4) is 0 Å². The second-order valence-electron chi connectivity index (χ2n) is 4.69. The van der Waals surface area contributed by atoms with Gasteiger partial charge in [0.05, 0.1) is 13.1 Å². The highest BCUT2D eigenvalue weighted by molar-refractivity contribution is 5.99. The molecule has 0 aliphatic carbocycles. The van der Waals surface area contributed by atoms with Gasteiger partial charge in [-0.2, -0.15) is 0 Å². The molecule has 0 spiro atoms. The van der Waals surface area contributed by atoms with Crippen LogP contribution < -0.4 is 16.0 Å². The van der Waals surface area contributed by atoms with E-state index < -0.39 is 11.8 Å². The number of nitrogens with zero attached hydrogens (tertiary/aromatic N) is 1. The summed E-state index contributed by atoms with van der Waals surface area (Å²) in [4.78, 5) is 56.6. The lowest BCUT2D eigenvalue weighted by Crippen LogP contribution is -2.43. The number of ketones is 1. The number of likely N-dealkylation sites (N-methyl/N-ethyl adjacent to an activating group) is 1. The first kappa shape index (κ1) is 23.8. The summed E-state index contributed by atoms with van der Waals surface area (Å²) in [6.07, 6.45) is 0.485. The van der Waals surface area contributed by atoms with Crippen LogP contribution in [-0.4, -0.2) is 68.5 Å². The molecule has 0 atom stereocenters. The molecular weight excluding hydrogens is 316 g/mol. The van der Waals surface area contributed by atoms with Gasteiger partial charge in [-0.15, -0.1) is 0 Å². The number of rotatable bonds is 8. The Kier molecular flexibility index (Phi) is 14.1. The Bertz CT molecular complexity index is 427. The van der Waals surface area contributed by atoms with E-state index in [0.29, 0.717) is 6.42 Å². The molecule has 9 nitrogen and oxygen atoms in total. The fourth-order valence-electron chi connectivity index (χ4n) is 1.32. The van der Waals surface area contributed by atoms with Crippen molar-refractivity contribution in [3.63, 3.8) is 0 Å². The van der Waals surface area contributed by atoms with Crippen molar-refractivity contribution in [2.24, 2.45) is 0 Å². The van der Waals surface area contributed by atoms with Gasteiger partial charge in [-0.25, -0.2) is 0 Å². The van der Waals surface area contributed by atoms with E-state index in [2.05, 4.69) is 16.0 Å². The van der Waals surface area contributed by atoms with Crippen LogP contribution in [0, 0.1) is 0 Å². The fourth-order valence-corrected chi connectivity index (χ4v) is 1.32. The molecule has 0 bridgehead atoms. The van der Waals surface area contributed by atoms with Gasteiger partial charge >= 0.3 is 0 Å². The first-order chi connectivity index (χ1) is 11.2. The second-order valence-corrected chi connectivity index (χ2v) is 4.69. The minimum atomic E-state index is -0.542. The van der Waals surface area contributed by atoms with Crippen LogP contribution in [0.5, 0.6) is 0 Å². The van der Waals surface area contributed by atoms with Crippen molar-refractivity contribution in [2.45, 2.75) is 33.1 Å². The highest BCUT2D eigenvalue weighted by Gasteiger charge is 2.20. The first-order valence-corrected chi connectivity index (χ1v) is 7.66. The lowest BCUT2D eigenvalue weighted by molar-refractivity contribution is -0.141. The molecule has 138 valence electrons. The molecule has 9 heteroatoms. The summed E-state index contributed by atoms with van der Waals surface area (Å²) in [6, 6.07) is 0. The Morgan fingerprint density at radius 3 is 1.54 bits per heavy atom. The van der Waals surface area contributed by atoms with Crippen molar-refractivity contribution >= 4 is 29.4 Å². The molecule has 0 aromatic carbocycles. The summed E-state index contributed by atoms with van der Waals surface area (Å²) in [5.74, 6) is -1.45. The lowest BCUT2D eigenvalue weighted by atomic mass is 10.2. The predicted octanol–water partition coefficient (Wildman–Crippen LogP) is -1.18. The van der Waals surface area contributed by atoms with Gasteiger partial charge in [-0.1, -0.05) is 13.8 Å². The van der Waals surface area contributed by atoms with Crippen molar-refractivity contribution in [2.75, 3.05) is 34.2 Å². The number of Topliss-reactive ketones (excluding diaryl/α,β-unsaturated/α-hetero) is 1. The fraction of sp³-hybridized carbons (Fsp3) is 0.667. The minimum absolute atomic E-state index is 0.0926. The van der Waals surface area contributed by atoms with Gasteiger partial charge < -0.3 is 20.9 Å². The maximum absolute atomic E-state index is 11.7. The van der Waals surface area contributed by atoms with Crippen LogP contribution in [0.15, 0.2) is 0 Å². The zero-order valence-electron chi connectivity index (χ0n) is 15.0. The van der Waals surface area contributed by atoms with Crippen molar-refractivity contribution < 1.29 is 24.0 Å². The van der Waals surface area contributed by atoms with Crippen LogP contribution in [0.2, 0.25) is 0 Å².